The van der Waals surface area contributed by atoms with Crippen LogP contribution in [0.3, 0.4) is 0 Å². The molecule has 1 heterocycles. The van der Waals surface area contributed by atoms with Crippen molar-refractivity contribution >= 4 is 12.9 Å². The number of hydrogen-bond acceptors (Lipinski definition) is 1. The Kier molecular flexibility index (Phi) is 1.42. The van der Waals surface area contributed by atoms with Gasteiger partial charge >= 0.3 is 7.48 Å². The Bertz CT molecular complexity index is 272. The normalized spacial score (nSPS) is 14.4. The molecular weight excluding hydrogens is 149 g/mol. The summed E-state index contributed by atoms with van der Waals surface area (Å²) in [6, 6.07) is 2.20. The van der Waals surface area contributed by atoms with Gasteiger partial charge in [0, 0.05) is 5.56 Å². The molecule has 0 saturated heterocycles. The van der Waals surface area contributed by atoms with Crippen LogP contribution in [0.25, 0.3) is 0 Å². The molecule has 0 atom stereocenters. The van der Waals surface area contributed by atoms with Crippen LogP contribution in [0, 0.1) is 11.6 Å². The molecule has 0 bridgehead atoms. The predicted octanol–water partition coefficient (Wildman–Crippen LogP) is 0.740. The highest BCUT2D eigenvalue weighted by Gasteiger charge is 2.20. The highest BCUT2D eigenvalue weighted by molar-refractivity contribution is 6.49. The van der Waals surface area contributed by atoms with Gasteiger partial charge in [0.1, 0.15) is 11.6 Å². The van der Waals surface area contributed by atoms with Crippen LogP contribution in [0.2, 0.25) is 0 Å². The molecular formula is C7H4BF2O. The van der Waals surface area contributed by atoms with Crippen molar-refractivity contribution in [1.82, 2.24) is 0 Å². The molecule has 0 spiro atoms. The van der Waals surface area contributed by atoms with Gasteiger partial charge in [0.15, 0.2) is 0 Å². The van der Waals surface area contributed by atoms with E-state index in [2.05, 4.69) is 0 Å². The molecule has 0 N–H and O–H groups in total. The molecule has 2 rings (SSSR count). The molecule has 11 heavy (non-hydrogen) atoms. The van der Waals surface area contributed by atoms with Crippen molar-refractivity contribution in [2.75, 3.05) is 0 Å². The molecule has 1 aromatic rings. The van der Waals surface area contributed by atoms with E-state index in [0.29, 0.717) is 5.56 Å². The monoisotopic (exact) mass is 153 g/mol. The van der Waals surface area contributed by atoms with Crippen LogP contribution in [-0.4, -0.2) is 7.48 Å². The van der Waals surface area contributed by atoms with Gasteiger partial charge in [-0.15, -0.1) is 0 Å². The largest absolute Gasteiger partial charge is 0.430 e. The summed E-state index contributed by atoms with van der Waals surface area (Å²) in [5.41, 5.74) is 0.551. The van der Waals surface area contributed by atoms with Crippen LogP contribution in [-0.2, 0) is 11.3 Å². The summed E-state index contributed by atoms with van der Waals surface area (Å²) in [4.78, 5) is 0. The van der Waals surface area contributed by atoms with E-state index in [1.807, 2.05) is 0 Å². The third-order valence-electron chi connectivity index (χ3n) is 1.68. The lowest BCUT2D eigenvalue weighted by Gasteiger charge is -1.98. The highest BCUT2D eigenvalue weighted by atomic mass is 19.1. The zero-order chi connectivity index (χ0) is 7.84. The molecule has 1 radical (unpaired) electrons. The van der Waals surface area contributed by atoms with Crippen molar-refractivity contribution < 1.29 is 13.4 Å². The fourth-order valence-electron chi connectivity index (χ4n) is 1.09. The number of benzene rings is 1. The number of rotatable bonds is 0. The summed E-state index contributed by atoms with van der Waals surface area (Å²) < 4.78 is 30.4. The van der Waals surface area contributed by atoms with E-state index >= 15 is 0 Å². The van der Waals surface area contributed by atoms with Crippen molar-refractivity contribution in [3.8, 4) is 0 Å². The molecule has 0 fully saturated rings. The SMILES string of the molecule is Fc1ccc(F)c2c1[B]OC2. The zero-order valence-corrected chi connectivity index (χ0v) is 5.60. The molecule has 55 valence electrons. The first kappa shape index (κ1) is 6.79. The molecule has 1 aromatic carbocycles. The van der Waals surface area contributed by atoms with Crippen LogP contribution < -0.4 is 5.46 Å². The van der Waals surface area contributed by atoms with E-state index in [0.717, 1.165) is 12.1 Å². The van der Waals surface area contributed by atoms with E-state index in [4.69, 9.17) is 4.65 Å². The number of hydrogen-bond donors (Lipinski definition) is 0. The van der Waals surface area contributed by atoms with Gasteiger partial charge in [-0.05, 0) is 17.6 Å². The molecule has 0 aliphatic carbocycles. The Hall–Kier alpha value is -0.895. The van der Waals surface area contributed by atoms with Gasteiger partial charge < -0.3 is 4.65 Å². The fourth-order valence-corrected chi connectivity index (χ4v) is 1.09. The molecule has 1 aliphatic heterocycles. The van der Waals surface area contributed by atoms with Crippen molar-refractivity contribution in [3.63, 3.8) is 0 Å². The lowest BCUT2D eigenvalue weighted by atomic mass is 9.87. The number of halogens is 2. The molecule has 0 amide bonds. The average Bonchev–Trinajstić information content (AvgIpc) is 2.45. The van der Waals surface area contributed by atoms with Crippen molar-refractivity contribution in [2.24, 2.45) is 0 Å². The van der Waals surface area contributed by atoms with Gasteiger partial charge in [0.2, 0.25) is 0 Å². The van der Waals surface area contributed by atoms with Gasteiger partial charge in [0.05, 0.1) is 6.61 Å². The van der Waals surface area contributed by atoms with Gasteiger partial charge in [-0.25, -0.2) is 8.78 Å². The molecule has 0 aromatic heterocycles. The summed E-state index contributed by atoms with van der Waals surface area (Å²) >= 11 is 0. The van der Waals surface area contributed by atoms with Crippen LogP contribution in [0.15, 0.2) is 12.1 Å². The Morgan fingerprint density at radius 1 is 1.27 bits per heavy atom. The molecule has 0 unspecified atom stereocenters. The van der Waals surface area contributed by atoms with E-state index in [9.17, 15) is 8.78 Å². The van der Waals surface area contributed by atoms with Crippen LogP contribution >= 0.6 is 0 Å². The topological polar surface area (TPSA) is 9.23 Å². The quantitative estimate of drug-likeness (QED) is 0.499. The smallest absolute Gasteiger partial charge is 0.333 e. The second-order valence-electron chi connectivity index (χ2n) is 2.35. The Morgan fingerprint density at radius 3 is 2.73 bits per heavy atom. The third kappa shape index (κ3) is 0.941. The van der Waals surface area contributed by atoms with E-state index in [1.54, 1.807) is 0 Å². The minimum Gasteiger partial charge on any atom is -0.430 e. The predicted molar refractivity (Wildman–Crippen MR) is 36.5 cm³/mol. The summed E-state index contributed by atoms with van der Waals surface area (Å²) in [7, 11) is 1.24. The third-order valence-corrected chi connectivity index (χ3v) is 1.68. The van der Waals surface area contributed by atoms with Crippen molar-refractivity contribution in [1.29, 1.82) is 0 Å². The second kappa shape index (κ2) is 2.31. The Labute approximate surface area is 63.3 Å². The first-order valence-corrected chi connectivity index (χ1v) is 3.21. The van der Waals surface area contributed by atoms with Gasteiger partial charge in [-0.1, -0.05) is 0 Å². The molecule has 1 nitrogen and oxygen atoms in total. The van der Waals surface area contributed by atoms with Crippen LogP contribution in [0.5, 0.6) is 0 Å². The van der Waals surface area contributed by atoms with Crippen LogP contribution in [0.1, 0.15) is 5.56 Å². The zero-order valence-electron chi connectivity index (χ0n) is 5.60. The van der Waals surface area contributed by atoms with Gasteiger partial charge in [-0.2, -0.15) is 0 Å². The first-order chi connectivity index (χ1) is 5.29. The summed E-state index contributed by atoms with van der Waals surface area (Å²) in [5, 5.41) is 0. The highest BCUT2D eigenvalue weighted by Crippen LogP contribution is 2.12. The standard InChI is InChI=1S/C7H4BF2O/c9-5-1-2-6(10)7-4(5)3-11-8-7/h1-2H,3H2. The maximum atomic E-state index is 12.8. The van der Waals surface area contributed by atoms with E-state index in [-0.39, 0.29) is 12.1 Å². The summed E-state index contributed by atoms with van der Waals surface area (Å²) in [6.45, 7) is 0.138. The van der Waals surface area contributed by atoms with Crippen molar-refractivity contribution in [2.45, 2.75) is 6.61 Å². The fraction of sp³-hybridized carbons (Fsp3) is 0.143. The molecule has 1 aliphatic rings. The summed E-state index contributed by atoms with van der Waals surface area (Å²) in [6.07, 6.45) is 0. The Balaban J connectivity index is 2.64. The first-order valence-electron chi connectivity index (χ1n) is 3.21. The minimum absolute atomic E-state index is 0.138. The average molecular weight is 153 g/mol. The van der Waals surface area contributed by atoms with Gasteiger partial charge in [-0.3, -0.25) is 0 Å². The lowest BCUT2D eigenvalue weighted by molar-refractivity contribution is 0.338. The maximum Gasteiger partial charge on any atom is 0.333 e. The van der Waals surface area contributed by atoms with E-state index in [1.165, 1.54) is 7.48 Å². The molecule has 0 saturated carbocycles. The number of fused-ring (bicyclic) bond motifs is 1. The van der Waals surface area contributed by atoms with Crippen molar-refractivity contribution in [3.05, 3.63) is 29.3 Å². The maximum absolute atomic E-state index is 12.8. The summed E-state index contributed by atoms with van der Waals surface area (Å²) in [5.74, 6) is -0.839. The van der Waals surface area contributed by atoms with E-state index < -0.39 is 11.6 Å². The Morgan fingerprint density at radius 2 is 2.00 bits per heavy atom. The van der Waals surface area contributed by atoms with Crippen LogP contribution in [0.4, 0.5) is 8.78 Å². The molecule has 4 heteroatoms. The lowest BCUT2D eigenvalue weighted by Crippen LogP contribution is -2.17. The second-order valence-corrected chi connectivity index (χ2v) is 2.35. The minimum atomic E-state index is -0.432. The van der Waals surface area contributed by atoms with Gasteiger partial charge in [0.25, 0.3) is 0 Å².